The van der Waals surface area contributed by atoms with Gasteiger partial charge in [-0.25, -0.2) is 4.79 Å². The molecular weight excluding hydrogens is 182 g/mol. The zero-order valence-electron chi connectivity index (χ0n) is 8.15. The fourth-order valence-electron chi connectivity index (χ4n) is 1.03. The summed E-state index contributed by atoms with van der Waals surface area (Å²) < 4.78 is 4.56. The predicted octanol–water partition coefficient (Wildman–Crippen LogP) is 0.0107. The SMILES string of the molecule is COC(=O)[C@](C)(N)c1ccc(N)cn1. The highest BCUT2D eigenvalue weighted by molar-refractivity contribution is 5.81. The Morgan fingerprint density at radius 1 is 1.57 bits per heavy atom. The highest BCUT2D eigenvalue weighted by Gasteiger charge is 2.32. The molecule has 1 aromatic rings. The summed E-state index contributed by atoms with van der Waals surface area (Å²) in [7, 11) is 1.28. The molecule has 0 aliphatic carbocycles. The Bertz CT molecular complexity index is 332. The number of nitrogens with two attached hydrogens (primary N) is 2. The van der Waals surface area contributed by atoms with Gasteiger partial charge < -0.3 is 16.2 Å². The van der Waals surface area contributed by atoms with Crippen molar-refractivity contribution in [2.45, 2.75) is 12.5 Å². The molecule has 1 heterocycles. The molecule has 14 heavy (non-hydrogen) atoms. The molecule has 0 aliphatic rings. The summed E-state index contributed by atoms with van der Waals surface area (Å²) in [5, 5.41) is 0. The first-order valence-electron chi connectivity index (χ1n) is 4.08. The number of hydrogen-bond acceptors (Lipinski definition) is 5. The minimum atomic E-state index is -1.23. The normalized spacial score (nSPS) is 14.5. The van der Waals surface area contributed by atoms with Crippen molar-refractivity contribution in [3.8, 4) is 0 Å². The van der Waals surface area contributed by atoms with Gasteiger partial charge in [0.25, 0.3) is 0 Å². The van der Waals surface area contributed by atoms with Crippen molar-refractivity contribution >= 4 is 11.7 Å². The van der Waals surface area contributed by atoms with Crippen molar-refractivity contribution < 1.29 is 9.53 Å². The minimum absolute atomic E-state index is 0.429. The third-order valence-corrected chi connectivity index (χ3v) is 1.93. The van der Waals surface area contributed by atoms with E-state index in [9.17, 15) is 4.79 Å². The maximum absolute atomic E-state index is 11.3. The number of aromatic nitrogens is 1. The average Bonchev–Trinajstić information content (AvgIpc) is 2.17. The zero-order chi connectivity index (χ0) is 10.8. The van der Waals surface area contributed by atoms with Crippen LogP contribution in [0.2, 0.25) is 0 Å². The van der Waals surface area contributed by atoms with Crippen molar-refractivity contribution in [3.05, 3.63) is 24.0 Å². The van der Waals surface area contributed by atoms with Crippen LogP contribution in [0.5, 0.6) is 0 Å². The first kappa shape index (κ1) is 10.5. The molecule has 0 amide bonds. The molecule has 1 atom stereocenters. The van der Waals surface area contributed by atoms with E-state index in [2.05, 4.69) is 9.72 Å². The second-order valence-corrected chi connectivity index (χ2v) is 3.17. The summed E-state index contributed by atoms with van der Waals surface area (Å²) in [6, 6.07) is 3.24. The van der Waals surface area contributed by atoms with Crippen LogP contribution >= 0.6 is 0 Å². The molecule has 5 nitrogen and oxygen atoms in total. The lowest BCUT2D eigenvalue weighted by molar-refractivity contribution is -0.146. The number of nitrogen functional groups attached to an aromatic ring is 1. The largest absolute Gasteiger partial charge is 0.467 e. The Hall–Kier alpha value is -1.62. The Balaban J connectivity index is 3.03. The number of esters is 1. The fraction of sp³-hybridized carbons (Fsp3) is 0.333. The zero-order valence-corrected chi connectivity index (χ0v) is 8.15. The van der Waals surface area contributed by atoms with Crippen LogP contribution in [0.1, 0.15) is 12.6 Å². The summed E-state index contributed by atoms with van der Waals surface area (Å²) >= 11 is 0. The molecule has 1 rings (SSSR count). The summed E-state index contributed by atoms with van der Waals surface area (Å²) in [4.78, 5) is 15.3. The molecule has 0 aliphatic heterocycles. The van der Waals surface area contributed by atoms with Crippen LogP contribution in [-0.2, 0) is 15.1 Å². The van der Waals surface area contributed by atoms with E-state index >= 15 is 0 Å². The van der Waals surface area contributed by atoms with Crippen molar-refractivity contribution in [2.75, 3.05) is 12.8 Å². The molecule has 0 fully saturated rings. The number of carbonyl (C=O) groups is 1. The number of carbonyl (C=O) groups excluding carboxylic acids is 1. The van der Waals surface area contributed by atoms with Crippen molar-refractivity contribution in [2.24, 2.45) is 5.73 Å². The molecular formula is C9H13N3O2. The quantitative estimate of drug-likeness (QED) is 0.648. The van der Waals surface area contributed by atoms with Crippen LogP contribution in [0.15, 0.2) is 18.3 Å². The first-order chi connectivity index (χ1) is 6.48. The van der Waals surface area contributed by atoms with Crippen LogP contribution in [0.4, 0.5) is 5.69 Å². The highest BCUT2D eigenvalue weighted by atomic mass is 16.5. The average molecular weight is 195 g/mol. The van der Waals surface area contributed by atoms with Gasteiger partial charge in [-0.1, -0.05) is 0 Å². The van der Waals surface area contributed by atoms with E-state index in [-0.39, 0.29) is 0 Å². The molecule has 0 saturated carbocycles. The number of pyridine rings is 1. The van der Waals surface area contributed by atoms with E-state index in [4.69, 9.17) is 11.5 Å². The van der Waals surface area contributed by atoms with Crippen molar-refractivity contribution in [1.29, 1.82) is 0 Å². The molecule has 5 heteroatoms. The van der Waals surface area contributed by atoms with Crippen LogP contribution in [0, 0.1) is 0 Å². The van der Waals surface area contributed by atoms with Crippen molar-refractivity contribution in [3.63, 3.8) is 0 Å². The van der Waals surface area contributed by atoms with Gasteiger partial charge in [0.2, 0.25) is 0 Å². The predicted molar refractivity (Wildman–Crippen MR) is 52.2 cm³/mol. The molecule has 1 aromatic heterocycles. The molecule has 0 aromatic carbocycles. The first-order valence-corrected chi connectivity index (χ1v) is 4.08. The topological polar surface area (TPSA) is 91.2 Å². The Kier molecular flexibility index (Phi) is 2.71. The van der Waals surface area contributed by atoms with E-state index in [0.717, 1.165) is 0 Å². The summed E-state index contributed by atoms with van der Waals surface area (Å²) in [6.45, 7) is 1.54. The maximum atomic E-state index is 11.3. The maximum Gasteiger partial charge on any atom is 0.331 e. The molecule has 0 bridgehead atoms. The number of nitrogens with zero attached hydrogens (tertiary/aromatic N) is 1. The minimum Gasteiger partial charge on any atom is -0.467 e. The summed E-state index contributed by atoms with van der Waals surface area (Å²) in [5.74, 6) is -0.533. The second kappa shape index (κ2) is 3.63. The van der Waals surface area contributed by atoms with Crippen LogP contribution in [0.3, 0.4) is 0 Å². The van der Waals surface area contributed by atoms with Gasteiger partial charge >= 0.3 is 5.97 Å². The monoisotopic (exact) mass is 195 g/mol. The smallest absolute Gasteiger partial charge is 0.331 e. The van der Waals surface area contributed by atoms with Crippen LogP contribution in [-0.4, -0.2) is 18.1 Å². The number of methoxy groups -OCH3 is 1. The van der Waals surface area contributed by atoms with Gasteiger partial charge in [-0.2, -0.15) is 0 Å². The van der Waals surface area contributed by atoms with Gasteiger partial charge in [0.15, 0.2) is 5.54 Å². The molecule has 0 spiro atoms. The van der Waals surface area contributed by atoms with Gasteiger partial charge in [-0.15, -0.1) is 0 Å². The third-order valence-electron chi connectivity index (χ3n) is 1.93. The molecule has 0 saturated heterocycles. The number of rotatable bonds is 2. The van der Waals surface area contributed by atoms with E-state index in [0.29, 0.717) is 11.4 Å². The van der Waals surface area contributed by atoms with Crippen LogP contribution < -0.4 is 11.5 Å². The van der Waals surface area contributed by atoms with Gasteiger partial charge in [-0.05, 0) is 19.1 Å². The highest BCUT2D eigenvalue weighted by Crippen LogP contribution is 2.17. The molecule has 0 radical (unpaired) electrons. The van der Waals surface area contributed by atoms with Gasteiger partial charge in [0, 0.05) is 0 Å². The Morgan fingerprint density at radius 2 is 2.21 bits per heavy atom. The lowest BCUT2D eigenvalue weighted by atomic mass is 9.99. The van der Waals surface area contributed by atoms with E-state index in [1.165, 1.54) is 20.2 Å². The van der Waals surface area contributed by atoms with E-state index in [1.54, 1.807) is 12.1 Å². The van der Waals surface area contributed by atoms with Gasteiger partial charge in [0.05, 0.1) is 24.7 Å². The lowest BCUT2D eigenvalue weighted by Crippen LogP contribution is -2.43. The van der Waals surface area contributed by atoms with E-state index in [1.807, 2.05) is 0 Å². The second-order valence-electron chi connectivity index (χ2n) is 3.17. The summed E-state index contributed by atoms with van der Waals surface area (Å²) in [5.41, 5.74) is 10.9. The number of anilines is 1. The van der Waals surface area contributed by atoms with Crippen LogP contribution in [0.25, 0.3) is 0 Å². The summed E-state index contributed by atoms with van der Waals surface area (Å²) in [6.07, 6.45) is 1.45. The van der Waals surface area contributed by atoms with Gasteiger partial charge in [-0.3, -0.25) is 4.98 Å². The van der Waals surface area contributed by atoms with E-state index < -0.39 is 11.5 Å². The Morgan fingerprint density at radius 3 is 2.64 bits per heavy atom. The molecule has 0 unspecified atom stereocenters. The number of hydrogen-bond donors (Lipinski definition) is 2. The fourth-order valence-corrected chi connectivity index (χ4v) is 1.03. The molecule has 4 N–H and O–H groups in total. The third kappa shape index (κ3) is 1.82. The van der Waals surface area contributed by atoms with Crippen molar-refractivity contribution in [1.82, 2.24) is 4.98 Å². The number of ether oxygens (including phenoxy) is 1. The molecule has 76 valence electrons. The lowest BCUT2D eigenvalue weighted by Gasteiger charge is -2.20. The standard InChI is InChI=1S/C9H13N3O2/c1-9(11,8(13)14-2)7-4-3-6(10)5-12-7/h3-5H,10-11H2,1-2H3/t9-/m1/s1. The Labute approximate surface area is 82.1 Å². The van der Waals surface area contributed by atoms with Gasteiger partial charge in [0.1, 0.15) is 0 Å².